The van der Waals surface area contributed by atoms with Gasteiger partial charge >= 0.3 is 0 Å². The van der Waals surface area contributed by atoms with Gasteiger partial charge in [-0.05, 0) is 71.4 Å². The molecule has 0 aliphatic heterocycles. The number of hydrogen-bond donors (Lipinski definition) is 1. The normalized spacial score (nSPS) is 28.6. The molecule has 0 amide bonds. The van der Waals surface area contributed by atoms with Crippen LogP contribution in [0.15, 0.2) is 0 Å². The third kappa shape index (κ3) is 4.73. The minimum Gasteiger partial charge on any atom is -0.319 e. The van der Waals surface area contributed by atoms with Crippen molar-refractivity contribution in [1.82, 2.24) is 5.32 Å². The Balaban J connectivity index is 2.66. The fourth-order valence-corrected chi connectivity index (χ4v) is 4.52. The first-order valence-corrected chi connectivity index (χ1v) is 9.73. The van der Waals surface area contributed by atoms with E-state index in [1.165, 1.54) is 25.7 Å². The van der Waals surface area contributed by atoms with Crippen molar-refractivity contribution in [1.29, 1.82) is 0 Å². The maximum atomic E-state index is 12.3. The lowest BCUT2D eigenvalue weighted by Gasteiger charge is -2.36. The standard InChI is InChI=1S/C16H33NO2S/c1-6-13-7-8-15(12-17-5)14(11-13)9-10-20(18,19)16(2,3)4/h13-15,17H,6-12H2,1-5H3. The maximum absolute atomic E-state index is 12.3. The second-order valence-electron chi connectivity index (χ2n) is 7.39. The molecule has 20 heavy (non-hydrogen) atoms. The Kier molecular flexibility index (Phi) is 6.52. The van der Waals surface area contributed by atoms with Crippen LogP contribution in [0.2, 0.25) is 0 Å². The van der Waals surface area contributed by atoms with Crippen molar-refractivity contribution < 1.29 is 8.42 Å². The second kappa shape index (κ2) is 7.26. The highest BCUT2D eigenvalue weighted by Crippen LogP contribution is 2.37. The van der Waals surface area contributed by atoms with E-state index in [9.17, 15) is 8.42 Å². The maximum Gasteiger partial charge on any atom is 0.155 e. The van der Waals surface area contributed by atoms with Gasteiger partial charge in [-0.25, -0.2) is 8.42 Å². The minimum absolute atomic E-state index is 0.345. The highest BCUT2D eigenvalue weighted by atomic mass is 32.2. The Morgan fingerprint density at radius 2 is 1.80 bits per heavy atom. The number of rotatable bonds is 6. The van der Waals surface area contributed by atoms with Gasteiger partial charge in [-0.2, -0.15) is 0 Å². The van der Waals surface area contributed by atoms with E-state index in [0.29, 0.717) is 17.6 Å². The molecular weight excluding hydrogens is 270 g/mol. The van der Waals surface area contributed by atoms with E-state index in [4.69, 9.17) is 0 Å². The monoisotopic (exact) mass is 303 g/mol. The molecule has 1 aliphatic rings. The molecule has 3 atom stereocenters. The van der Waals surface area contributed by atoms with Gasteiger partial charge in [0.15, 0.2) is 9.84 Å². The molecular formula is C16H33NO2S. The van der Waals surface area contributed by atoms with Crippen LogP contribution in [0.4, 0.5) is 0 Å². The Hall–Kier alpha value is -0.0900. The van der Waals surface area contributed by atoms with E-state index in [2.05, 4.69) is 12.2 Å². The number of sulfone groups is 1. The molecule has 1 aliphatic carbocycles. The van der Waals surface area contributed by atoms with E-state index in [-0.39, 0.29) is 0 Å². The summed E-state index contributed by atoms with van der Waals surface area (Å²) in [4.78, 5) is 0. The summed E-state index contributed by atoms with van der Waals surface area (Å²) >= 11 is 0. The number of hydrogen-bond acceptors (Lipinski definition) is 3. The van der Waals surface area contributed by atoms with Crippen molar-refractivity contribution in [2.45, 2.75) is 64.5 Å². The highest BCUT2D eigenvalue weighted by molar-refractivity contribution is 7.92. The van der Waals surface area contributed by atoms with Crippen molar-refractivity contribution in [3.63, 3.8) is 0 Å². The summed E-state index contributed by atoms with van der Waals surface area (Å²) in [6.45, 7) is 8.71. The summed E-state index contributed by atoms with van der Waals surface area (Å²) in [5, 5.41) is 3.28. The summed E-state index contributed by atoms with van der Waals surface area (Å²) in [6, 6.07) is 0. The molecule has 1 fully saturated rings. The molecule has 0 aromatic rings. The van der Waals surface area contributed by atoms with E-state index in [1.54, 1.807) is 0 Å². The van der Waals surface area contributed by atoms with Crippen LogP contribution < -0.4 is 5.32 Å². The molecule has 0 aromatic heterocycles. The molecule has 0 bridgehead atoms. The molecule has 4 heteroatoms. The molecule has 3 nitrogen and oxygen atoms in total. The molecule has 120 valence electrons. The van der Waals surface area contributed by atoms with E-state index >= 15 is 0 Å². The van der Waals surface area contributed by atoms with E-state index in [1.807, 2.05) is 27.8 Å². The van der Waals surface area contributed by atoms with E-state index < -0.39 is 14.6 Å². The van der Waals surface area contributed by atoms with Crippen LogP contribution in [0, 0.1) is 17.8 Å². The van der Waals surface area contributed by atoms with Gasteiger partial charge in [0.05, 0.1) is 10.5 Å². The largest absolute Gasteiger partial charge is 0.319 e. The van der Waals surface area contributed by atoms with Gasteiger partial charge in [0.25, 0.3) is 0 Å². The van der Waals surface area contributed by atoms with Gasteiger partial charge in [-0.1, -0.05) is 19.8 Å². The molecule has 1 N–H and O–H groups in total. The molecule has 0 saturated heterocycles. The van der Waals surface area contributed by atoms with Crippen molar-refractivity contribution in [3.05, 3.63) is 0 Å². The summed E-state index contributed by atoms with van der Waals surface area (Å²) < 4.78 is 24.0. The van der Waals surface area contributed by atoms with Crippen LogP contribution in [-0.2, 0) is 9.84 Å². The lowest BCUT2D eigenvalue weighted by Crippen LogP contribution is -2.35. The van der Waals surface area contributed by atoms with Gasteiger partial charge in [0.2, 0.25) is 0 Å². The first-order chi connectivity index (χ1) is 9.21. The Morgan fingerprint density at radius 1 is 1.15 bits per heavy atom. The quantitative estimate of drug-likeness (QED) is 0.819. The van der Waals surface area contributed by atoms with Crippen molar-refractivity contribution >= 4 is 9.84 Å². The van der Waals surface area contributed by atoms with Crippen LogP contribution in [0.1, 0.15) is 59.8 Å². The predicted octanol–water partition coefficient (Wildman–Crippen LogP) is 3.25. The van der Waals surface area contributed by atoms with Gasteiger partial charge in [-0.15, -0.1) is 0 Å². The summed E-state index contributed by atoms with van der Waals surface area (Å²) in [7, 11) is -0.985. The lowest BCUT2D eigenvalue weighted by atomic mass is 9.72. The first-order valence-electron chi connectivity index (χ1n) is 8.08. The summed E-state index contributed by atoms with van der Waals surface area (Å²) in [5.41, 5.74) is 0. The van der Waals surface area contributed by atoms with Crippen molar-refractivity contribution in [2.24, 2.45) is 17.8 Å². The zero-order chi connectivity index (χ0) is 15.4. The van der Waals surface area contributed by atoms with E-state index in [0.717, 1.165) is 18.9 Å². The zero-order valence-corrected chi connectivity index (χ0v) is 14.7. The molecule has 3 unspecified atom stereocenters. The van der Waals surface area contributed by atoms with Gasteiger partial charge < -0.3 is 5.32 Å². The Labute approximate surface area is 125 Å². The van der Waals surface area contributed by atoms with Crippen molar-refractivity contribution in [2.75, 3.05) is 19.3 Å². The smallest absolute Gasteiger partial charge is 0.155 e. The van der Waals surface area contributed by atoms with Crippen LogP contribution in [-0.4, -0.2) is 32.5 Å². The highest BCUT2D eigenvalue weighted by Gasteiger charge is 2.33. The molecule has 0 heterocycles. The fourth-order valence-electron chi connectivity index (χ4n) is 3.29. The Morgan fingerprint density at radius 3 is 2.30 bits per heavy atom. The zero-order valence-electron chi connectivity index (χ0n) is 13.9. The molecule has 0 spiro atoms. The van der Waals surface area contributed by atoms with Gasteiger partial charge in [0, 0.05) is 0 Å². The lowest BCUT2D eigenvalue weighted by molar-refractivity contribution is 0.170. The number of nitrogens with one attached hydrogen (secondary N) is 1. The van der Waals surface area contributed by atoms with Crippen LogP contribution >= 0.6 is 0 Å². The van der Waals surface area contributed by atoms with Gasteiger partial charge in [0.1, 0.15) is 0 Å². The topological polar surface area (TPSA) is 46.2 Å². The molecule has 0 aromatic carbocycles. The molecule has 1 rings (SSSR count). The summed E-state index contributed by atoms with van der Waals surface area (Å²) in [6.07, 6.45) is 5.84. The van der Waals surface area contributed by atoms with Crippen LogP contribution in [0.25, 0.3) is 0 Å². The van der Waals surface area contributed by atoms with Crippen LogP contribution in [0.5, 0.6) is 0 Å². The third-order valence-corrected chi connectivity index (χ3v) is 7.62. The minimum atomic E-state index is -2.98. The van der Waals surface area contributed by atoms with Gasteiger partial charge in [-0.3, -0.25) is 0 Å². The first kappa shape index (κ1) is 18.0. The second-order valence-corrected chi connectivity index (χ2v) is 10.2. The van der Waals surface area contributed by atoms with Crippen molar-refractivity contribution in [3.8, 4) is 0 Å². The predicted molar refractivity (Wildman–Crippen MR) is 86.7 cm³/mol. The Bertz CT molecular complexity index is 384. The van der Waals surface area contributed by atoms with Crippen LogP contribution in [0.3, 0.4) is 0 Å². The molecule has 0 radical (unpaired) electrons. The average Bonchev–Trinajstić information content (AvgIpc) is 2.36. The third-order valence-electron chi connectivity index (χ3n) is 4.98. The average molecular weight is 304 g/mol. The molecule has 1 saturated carbocycles. The SMILES string of the molecule is CCC1CCC(CNC)C(CCS(=O)(=O)C(C)(C)C)C1. The summed E-state index contributed by atoms with van der Waals surface area (Å²) in [5.74, 6) is 2.36. The fraction of sp³-hybridized carbons (Fsp3) is 1.00.